The third-order valence-electron chi connectivity index (χ3n) is 3.28. The van der Waals surface area contributed by atoms with Gasteiger partial charge in [0.2, 0.25) is 0 Å². The predicted molar refractivity (Wildman–Crippen MR) is 73.1 cm³/mol. The molecule has 1 aliphatic rings. The van der Waals surface area contributed by atoms with Crippen LogP contribution >= 0.6 is 0 Å². The van der Waals surface area contributed by atoms with Gasteiger partial charge in [0.25, 0.3) is 0 Å². The lowest BCUT2D eigenvalue weighted by Gasteiger charge is -2.35. The summed E-state index contributed by atoms with van der Waals surface area (Å²) < 4.78 is 5.71. The second kappa shape index (κ2) is 6.17. The van der Waals surface area contributed by atoms with Gasteiger partial charge < -0.3 is 9.84 Å². The summed E-state index contributed by atoms with van der Waals surface area (Å²) in [6, 6.07) is 7.83. The van der Waals surface area contributed by atoms with Crippen molar-refractivity contribution in [2.45, 2.75) is 39.0 Å². The first kappa shape index (κ1) is 14.0. The molecule has 0 amide bonds. The number of hydrogen-bond acceptors (Lipinski definition) is 3. The van der Waals surface area contributed by atoms with Crippen molar-refractivity contribution >= 4 is 5.97 Å². The van der Waals surface area contributed by atoms with Gasteiger partial charge >= 0.3 is 5.97 Å². The van der Waals surface area contributed by atoms with Gasteiger partial charge in [-0.2, -0.15) is 0 Å². The van der Waals surface area contributed by atoms with Crippen LogP contribution in [-0.4, -0.2) is 41.3 Å². The van der Waals surface area contributed by atoms with Crippen LogP contribution in [0.3, 0.4) is 0 Å². The number of benzene rings is 1. The summed E-state index contributed by atoms with van der Waals surface area (Å²) >= 11 is 0. The number of carbonyl (C=O) groups is 1. The van der Waals surface area contributed by atoms with Crippen LogP contribution < -0.4 is 0 Å². The molecular formula is C15H21NO3. The maximum atomic E-state index is 10.6. The summed E-state index contributed by atoms with van der Waals surface area (Å²) in [6.07, 6.45) is 0.636. The van der Waals surface area contributed by atoms with E-state index in [2.05, 4.69) is 18.7 Å². The zero-order chi connectivity index (χ0) is 13.8. The minimum atomic E-state index is -0.788. The van der Waals surface area contributed by atoms with E-state index in [4.69, 9.17) is 9.84 Å². The van der Waals surface area contributed by atoms with Crippen molar-refractivity contribution in [1.29, 1.82) is 0 Å². The van der Waals surface area contributed by atoms with Crippen molar-refractivity contribution in [3.8, 4) is 0 Å². The van der Waals surface area contributed by atoms with Crippen LogP contribution in [0, 0.1) is 0 Å². The Bertz CT molecular complexity index is 420. The van der Waals surface area contributed by atoms with Crippen LogP contribution in [0.1, 0.15) is 25.0 Å². The molecule has 1 fully saturated rings. The Balaban J connectivity index is 1.93. The SMILES string of the molecule is C[C@@H]1CN(Cc2ccc(CC(=O)O)cc2)C[C@H](C)O1. The second-order valence-corrected chi connectivity index (χ2v) is 5.34. The molecule has 0 spiro atoms. The molecule has 1 aromatic rings. The van der Waals surface area contributed by atoms with Gasteiger partial charge in [0.1, 0.15) is 0 Å². The summed E-state index contributed by atoms with van der Waals surface area (Å²) in [4.78, 5) is 13.0. The Morgan fingerprint density at radius 1 is 1.21 bits per heavy atom. The van der Waals surface area contributed by atoms with E-state index in [1.54, 1.807) is 0 Å². The number of morpholine rings is 1. The smallest absolute Gasteiger partial charge is 0.307 e. The summed E-state index contributed by atoms with van der Waals surface area (Å²) in [5.41, 5.74) is 2.07. The summed E-state index contributed by atoms with van der Waals surface area (Å²) in [5, 5.41) is 8.73. The second-order valence-electron chi connectivity index (χ2n) is 5.34. The zero-order valence-electron chi connectivity index (χ0n) is 11.5. The van der Waals surface area contributed by atoms with Crippen molar-refractivity contribution in [3.05, 3.63) is 35.4 Å². The molecule has 1 aliphatic heterocycles. The number of carboxylic acid groups (broad SMARTS) is 1. The highest BCUT2D eigenvalue weighted by molar-refractivity contribution is 5.70. The van der Waals surface area contributed by atoms with Gasteiger partial charge in [-0.05, 0) is 25.0 Å². The average molecular weight is 263 g/mol. The summed E-state index contributed by atoms with van der Waals surface area (Å²) in [7, 11) is 0. The van der Waals surface area contributed by atoms with Gasteiger partial charge in [0, 0.05) is 19.6 Å². The maximum Gasteiger partial charge on any atom is 0.307 e. The van der Waals surface area contributed by atoms with Crippen molar-refractivity contribution in [2.75, 3.05) is 13.1 Å². The fraction of sp³-hybridized carbons (Fsp3) is 0.533. The van der Waals surface area contributed by atoms with Crippen molar-refractivity contribution < 1.29 is 14.6 Å². The van der Waals surface area contributed by atoms with Gasteiger partial charge in [0.15, 0.2) is 0 Å². The van der Waals surface area contributed by atoms with Gasteiger partial charge in [-0.15, -0.1) is 0 Å². The Morgan fingerprint density at radius 2 is 1.74 bits per heavy atom. The first-order valence-corrected chi connectivity index (χ1v) is 6.70. The fourth-order valence-electron chi connectivity index (χ4n) is 2.61. The lowest BCUT2D eigenvalue weighted by molar-refractivity contribution is -0.136. The molecule has 0 aliphatic carbocycles. The molecule has 0 unspecified atom stereocenters. The van der Waals surface area contributed by atoms with Gasteiger partial charge in [-0.25, -0.2) is 0 Å². The molecule has 19 heavy (non-hydrogen) atoms. The quantitative estimate of drug-likeness (QED) is 0.901. The van der Waals surface area contributed by atoms with Crippen LogP contribution in [0.25, 0.3) is 0 Å². The molecular weight excluding hydrogens is 242 g/mol. The standard InChI is InChI=1S/C15H21NO3/c1-11-8-16(9-12(2)19-11)10-14-5-3-13(4-6-14)7-15(17)18/h3-6,11-12H,7-10H2,1-2H3,(H,17,18)/t11-,12+. The molecule has 0 bridgehead atoms. The van der Waals surface area contributed by atoms with E-state index in [0.717, 1.165) is 25.2 Å². The largest absolute Gasteiger partial charge is 0.481 e. The Kier molecular flexibility index (Phi) is 4.56. The lowest BCUT2D eigenvalue weighted by atomic mass is 10.1. The van der Waals surface area contributed by atoms with E-state index in [9.17, 15) is 4.79 Å². The first-order chi connectivity index (χ1) is 9.02. The minimum Gasteiger partial charge on any atom is -0.481 e. The molecule has 1 heterocycles. The van der Waals surface area contributed by atoms with E-state index < -0.39 is 5.97 Å². The van der Waals surface area contributed by atoms with Gasteiger partial charge in [-0.3, -0.25) is 9.69 Å². The third-order valence-corrected chi connectivity index (χ3v) is 3.28. The molecule has 4 nitrogen and oxygen atoms in total. The highest BCUT2D eigenvalue weighted by Crippen LogP contribution is 2.14. The zero-order valence-corrected chi connectivity index (χ0v) is 11.5. The molecule has 0 aromatic heterocycles. The summed E-state index contributed by atoms with van der Waals surface area (Å²) in [5.74, 6) is -0.788. The van der Waals surface area contributed by atoms with Crippen LogP contribution in [-0.2, 0) is 22.5 Å². The Labute approximate surface area is 114 Å². The van der Waals surface area contributed by atoms with E-state index in [1.807, 2.05) is 24.3 Å². The molecule has 2 atom stereocenters. The molecule has 1 N–H and O–H groups in total. The number of ether oxygens (including phenoxy) is 1. The number of nitrogens with zero attached hydrogens (tertiary/aromatic N) is 1. The lowest BCUT2D eigenvalue weighted by Crippen LogP contribution is -2.44. The van der Waals surface area contributed by atoms with E-state index in [1.165, 1.54) is 5.56 Å². The highest BCUT2D eigenvalue weighted by atomic mass is 16.5. The van der Waals surface area contributed by atoms with E-state index in [-0.39, 0.29) is 18.6 Å². The first-order valence-electron chi connectivity index (χ1n) is 6.70. The van der Waals surface area contributed by atoms with Crippen LogP contribution in [0.5, 0.6) is 0 Å². The predicted octanol–water partition coefficient (Wildman–Crippen LogP) is 1.92. The van der Waals surface area contributed by atoms with E-state index in [0.29, 0.717) is 0 Å². The van der Waals surface area contributed by atoms with Crippen LogP contribution in [0.15, 0.2) is 24.3 Å². The molecule has 4 heteroatoms. The molecule has 1 saturated heterocycles. The highest BCUT2D eigenvalue weighted by Gasteiger charge is 2.21. The van der Waals surface area contributed by atoms with Crippen molar-refractivity contribution in [3.63, 3.8) is 0 Å². The topological polar surface area (TPSA) is 49.8 Å². The Morgan fingerprint density at radius 3 is 2.26 bits per heavy atom. The van der Waals surface area contributed by atoms with Crippen molar-refractivity contribution in [1.82, 2.24) is 4.90 Å². The molecule has 0 saturated carbocycles. The van der Waals surface area contributed by atoms with Gasteiger partial charge in [0.05, 0.1) is 18.6 Å². The fourth-order valence-corrected chi connectivity index (χ4v) is 2.61. The molecule has 2 rings (SSSR count). The molecule has 104 valence electrons. The number of aliphatic carboxylic acids is 1. The normalized spacial score (nSPS) is 24.3. The summed E-state index contributed by atoms with van der Waals surface area (Å²) in [6.45, 7) is 6.98. The number of rotatable bonds is 4. The Hall–Kier alpha value is -1.39. The van der Waals surface area contributed by atoms with Crippen LogP contribution in [0.2, 0.25) is 0 Å². The molecule has 1 aromatic carbocycles. The maximum absolute atomic E-state index is 10.6. The average Bonchev–Trinajstić information content (AvgIpc) is 2.29. The number of carboxylic acids is 1. The van der Waals surface area contributed by atoms with Gasteiger partial charge in [-0.1, -0.05) is 24.3 Å². The monoisotopic (exact) mass is 263 g/mol. The molecule has 0 radical (unpaired) electrons. The van der Waals surface area contributed by atoms with E-state index >= 15 is 0 Å². The van der Waals surface area contributed by atoms with Crippen molar-refractivity contribution in [2.24, 2.45) is 0 Å². The third kappa shape index (κ3) is 4.33. The number of hydrogen-bond donors (Lipinski definition) is 1. The van der Waals surface area contributed by atoms with Crippen LogP contribution in [0.4, 0.5) is 0 Å². The minimum absolute atomic E-state index is 0.0892.